The fourth-order valence-electron chi connectivity index (χ4n) is 1.44. The number of hydrogen-bond acceptors (Lipinski definition) is 4. The quantitative estimate of drug-likeness (QED) is 0.911. The van der Waals surface area contributed by atoms with Crippen LogP contribution in [0.3, 0.4) is 0 Å². The highest BCUT2D eigenvalue weighted by atomic mass is 79.9. The fourth-order valence-corrected chi connectivity index (χ4v) is 1.77. The van der Waals surface area contributed by atoms with Crippen LogP contribution in [0.5, 0.6) is 5.88 Å². The number of alkyl halides is 1. The molecule has 0 bridgehead atoms. The van der Waals surface area contributed by atoms with Crippen molar-refractivity contribution >= 4 is 15.9 Å². The van der Waals surface area contributed by atoms with E-state index in [4.69, 9.17) is 14.6 Å². The number of hydrogen-bond donors (Lipinski definition) is 1. The monoisotopic (exact) mass is 291 g/mol. The van der Waals surface area contributed by atoms with Gasteiger partial charge in [-0.15, -0.1) is 0 Å². The first kappa shape index (κ1) is 11.8. The molecule has 0 aliphatic carbocycles. The van der Waals surface area contributed by atoms with Gasteiger partial charge in [0.15, 0.2) is 5.67 Å². The van der Waals surface area contributed by atoms with E-state index in [1.54, 1.807) is 6.07 Å². The molecule has 2 heterocycles. The van der Waals surface area contributed by atoms with Crippen LogP contribution >= 0.6 is 15.9 Å². The summed E-state index contributed by atoms with van der Waals surface area (Å²) < 4.78 is 24.9. The number of nitrogens with zero attached hydrogens (tertiary/aromatic N) is 1. The van der Waals surface area contributed by atoms with Crippen molar-refractivity contribution in [3.05, 3.63) is 22.3 Å². The lowest BCUT2D eigenvalue weighted by Gasteiger charge is -2.34. The SMILES string of the molecule is OCCOc1ncc(Br)cc1C1(F)COC1. The third-order valence-electron chi connectivity index (χ3n) is 2.29. The fraction of sp³-hybridized carbons (Fsp3) is 0.500. The second-order valence-corrected chi connectivity index (χ2v) is 4.45. The molecule has 1 fully saturated rings. The molecule has 0 radical (unpaired) electrons. The summed E-state index contributed by atoms with van der Waals surface area (Å²) >= 11 is 3.24. The number of rotatable bonds is 4. The van der Waals surface area contributed by atoms with Gasteiger partial charge in [0.05, 0.1) is 25.4 Å². The minimum absolute atomic E-state index is 0.0145. The highest BCUT2D eigenvalue weighted by molar-refractivity contribution is 9.10. The average Bonchev–Trinajstić information content (AvgIpc) is 2.24. The summed E-state index contributed by atoms with van der Waals surface area (Å²) in [7, 11) is 0. The van der Waals surface area contributed by atoms with E-state index in [2.05, 4.69) is 20.9 Å². The smallest absolute Gasteiger partial charge is 0.220 e. The number of aliphatic hydroxyl groups excluding tert-OH is 1. The van der Waals surface area contributed by atoms with Crippen molar-refractivity contribution in [1.29, 1.82) is 0 Å². The molecular weight excluding hydrogens is 281 g/mol. The molecule has 1 saturated heterocycles. The Hall–Kier alpha value is -0.720. The number of aromatic nitrogens is 1. The zero-order valence-electron chi connectivity index (χ0n) is 8.45. The predicted octanol–water partition coefficient (Wildman–Crippen LogP) is 1.41. The second kappa shape index (κ2) is 4.65. The molecule has 1 aliphatic rings. The van der Waals surface area contributed by atoms with Gasteiger partial charge in [0.2, 0.25) is 5.88 Å². The van der Waals surface area contributed by atoms with E-state index in [1.165, 1.54) is 6.20 Å². The maximum Gasteiger partial charge on any atom is 0.220 e. The lowest BCUT2D eigenvalue weighted by Crippen LogP contribution is -2.43. The second-order valence-electron chi connectivity index (χ2n) is 3.54. The standard InChI is InChI=1S/C10H11BrFNO3/c11-7-3-8(10(12)5-15-6-10)9(13-4-7)16-2-1-14/h3-4,14H,1-2,5-6H2. The first-order valence-corrected chi connectivity index (χ1v) is 5.61. The molecule has 4 nitrogen and oxygen atoms in total. The number of halogens is 2. The van der Waals surface area contributed by atoms with Gasteiger partial charge in [-0.25, -0.2) is 9.37 Å². The van der Waals surface area contributed by atoms with E-state index >= 15 is 0 Å². The summed E-state index contributed by atoms with van der Waals surface area (Å²) in [6.45, 7) is -0.00717. The maximum atomic E-state index is 14.2. The Labute approximate surface area is 101 Å². The van der Waals surface area contributed by atoms with Crippen LogP contribution in [0, 0.1) is 0 Å². The Morgan fingerprint density at radius 1 is 1.62 bits per heavy atom. The summed E-state index contributed by atoms with van der Waals surface area (Å²) in [6, 6.07) is 1.63. The van der Waals surface area contributed by atoms with Crippen molar-refractivity contribution in [2.24, 2.45) is 0 Å². The molecule has 0 aromatic carbocycles. The van der Waals surface area contributed by atoms with Crippen molar-refractivity contribution < 1.29 is 19.0 Å². The molecule has 0 atom stereocenters. The van der Waals surface area contributed by atoms with Crippen LogP contribution in [0.2, 0.25) is 0 Å². The maximum absolute atomic E-state index is 14.2. The van der Waals surface area contributed by atoms with Crippen LogP contribution in [0.1, 0.15) is 5.56 Å². The van der Waals surface area contributed by atoms with Gasteiger partial charge < -0.3 is 14.6 Å². The van der Waals surface area contributed by atoms with Crippen LogP contribution in [0.4, 0.5) is 4.39 Å². The van der Waals surface area contributed by atoms with Crippen molar-refractivity contribution in [2.75, 3.05) is 26.4 Å². The zero-order chi connectivity index (χ0) is 11.6. The minimum atomic E-state index is -1.53. The molecule has 0 spiro atoms. The van der Waals surface area contributed by atoms with Gasteiger partial charge in [-0.1, -0.05) is 0 Å². The molecule has 1 aliphatic heterocycles. The Balaban J connectivity index is 2.29. The minimum Gasteiger partial charge on any atom is -0.475 e. The van der Waals surface area contributed by atoms with Gasteiger partial charge >= 0.3 is 0 Å². The Kier molecular flexibility index (Phi) is 3.41. The lowest BCUT2D eigenvalue weighted by molar-refractivity contribution is -0.136. The molecule has 88 valence electrons. The molecule has 0 amide bonds. The summed E-state index contributed by atoms with van der Waals surface area (Å²) in [5, 5.41) is 8.67. The van der Waals surface area contributed by atoms with Crippen LogP contribution < -0.4 is 4.74 Å². The van der Waals surface area contributed by atoms with Crippen molar-refractivity contribution in [1.82, 2.24) is 4.98 Å². The Morgan fingerprint density at radius 2 is 2.38 bits per heavy atom. The van der Waals surface area contributed by atoms with Crippen LogP contribution in [-0.4, -0.2) is 36.5 Å². The molecule has 1 N–H and O–H groups in total. The molecule has 0 unspecified atom stereocenters. The van der Waals surface area contributed by atoms with E-state index in [-0.39, 0.29) is 32.3 Å². The van der Waals surface area contributed by atoms with E-state index in [9.17, 15) is 4.39 Å². The van der Waals surface area contributed by atoms with Crippen molar-refractivity contribution in [2.45, 2.75) is 5.67 Å². The van der Waals surface area contributed by atoms with Crippen LogP contribution in [-0.2, 0) is 10.4 Å². The zero-order valence-corrected chi connectivity index (χ0v) is 10.0. The highest BCUT2D eigenvalue weighted by Gasteiger charge is 2.43. The summed E-state index contributed by atoms with van der Waals surface area (Å²) in [5.41, 5.74) is -1.16. The van der Waals surface area contributed by atoms with Crippen LogP contribution in [0.15, 0.2) is 16.7 Å². The average molecular weight is 292 g/mol. The number of ether oxygens (including phenoxy) is 2. The Bertz CT molecular complexity index is 384. The number of pyridine rings is 1. The van der Waals surface area contributed by atoms with Gasteiger partial charge in [0.1, 0.15) is 6.61 Å². The number of aliphatic hydroxyl groups is 1. The molecular formula is C10H11BrFNO3. The Morgan fingerprint density at radius 3 is 2.94 bits per heavy atom. The van der Waals surface area contributed by atoms with Crippen molar-refractivity contribution in [3.63, 3.8) is 0 Å². The third kappa shape index (κ3) is 2.18. The first-order valence-electron chi connectivity index (χ1n) is 4.82. The highest BCUT2D eigenvalue weighted by Crippen LogP contribution is 2.39. The normalized spacial score (nSPS) is 17.9. The van der Waals surface area contributed by atoms with Gasteiger partial charge in [0, 0.05) is 10.7 Å². The van der Waals surface area contributed by atoms with Crippen LogP contribution in [0.25, 0.3) is 0 Å². The molecule has 2 rings (SSSR count). The predicted molar refractivity (Wildman–Crippen MR) is 58.1 cm³/mol. The van der Waals surface area contributed by atoms with E-state index in [1.807, 2.05) is 0 Å². The molecule has 1 aromatic rings. The molecule has 1 aromatic heterocycles. The molecule has 6 heteroatoms. The summed E-state index contributed by atoms with van der Waals surface area (Å²) in [5.74, 6) is 0.211. The van der Waals surface area contributed by atoms with E-state index in [0.717, 1.165) is 0 Å². The largest absolute Gasteiger partial charge is 0.475 e. The van der Waals surface area contributed by atoms with E-state index in [0.29, 0.717) is 10.0 Å². The van der Waals surface area contributed by atoms with Crippen molar-refractivity contribution in [3.8, 4) is 5.88 Å². The van der Waals surface area contributed by atoms with Gasteiger partial charge in [-0.3, -0.25) is 0 Å². The van der Waals surface area contributed by atoms with Gasteiger partial charge in [0.25, 0.3) is 0 Å². The van der Waals surface area contributed by atoms with Gasteiger partial charge in [-0.2, -0.15) is 0 Å². The topological polar surface area (TPSA) is 51.6 Å². The first-order chi connectivity index (χ1) is 7.65. The third-order valence-corrected chi connectivity index (χ3v) is 2.73. The lowest BCUT2D eigenvalue weighted by atomic mass is 9.95. The van der Waals surface area contributed by atoms with E-state index < -0.39 is 5.67 Å². The molecule has 0 saturated carbocycles. The van der Waals surface area contributed by atoms with Gasteiger partial charge in [-0.05, 0) is 22.0 Å². The summed E-state index contributed by atoms with van der Waals surface area (Å²) in [4.78, 5) is 3.99. The summed E-state index contributed by atoms with van der Waals surface area (Å²) in [6.07, 6.45) is 1.53. The molecule has 16 heavy (non-hydrogen) atoms.